The molecule has 0 aliphatic heterocycles. The van der Waals surface area contributed by atoms with Crippen molar-refractivity contribution in [2.45, 2.75) is 25.6 Å². The molecule has 0 fully saturated rings. The maximum atomic E-state index is 12.5. The van der Waals surface area contributed by atoms with Crippen LogP contribution in [-0.2, 0) is 6.18 Å². The van der Waals surface area contributed by atoms with E-state index < -0.39 is 39.4 Å². The highest BCUT2D eigenvalue weighted by molar-refractivity contribution is 5.98. The normalized spacial score (nSPS) is 11.5. The standard InChI is InChI=1S/C12H14F3N3O3.ClH/c1-11(2,16)6-17-10(19)8-4-3-7(12(13,14)15)5-9(8)18(20)21;/h3-5H,6,16H2,1-2H3,(H,17,19);1H. The summed E-state index contributed by atoms with van der Waals surface area (Å²) in [6, 6.07) is 1.73. The smallest absolute Gasteiger partial charge is 0.350 e. The molecule has 1 aromatic carbocycles. The molecular formula is C12H15ClF3N3O3. The van der Waals surface area contributed by atoms with Gasteiger partial charge in [0.2, 0.25) is 0 Å². The van der Waals surface area contributed by atoms with Crippen molar-refractivity contribution < 1.29 is 22.9 Å². The molecule has 6 nitrogen and oxygen atoms in total. The Morgan fingerprint density at radius 3 is 2.32 bits per heavy atom. The summed E-state index contributed by atoms with van der Waals surface area (Å²) in [6.07, 6.45) is -4.72. The van der Waals surface area contributed by atoms with Gasteiger partial charge in [-0.2, -0.15) is 13.2 Å². The lowest BCUT2D eigenvalue weighted by molar-refractivity contribution is -0.385. The van der Waals surface area contributed by atoms with Crippen molar-refractivity contribution in [1.82, 2.24) is 5.32 Å². The van der Waals surface area contributed by atoms with Gasteiger partial charge in [-0.1, -0.05) is 0 Å². The minimum absolute atomic E-state index is 0. The van der Waals surface area contributed by atoms with Crippen LogP contribution in [0.15, 0.2) is 18.2 Å². The van der Waals surface area contributed by atoms with Crippen LogP contribution < -0.4 is 11.1 Å². The number of halogens is 4. The van der Waals surface area contributed by atoms with Gasteiger partial charge in [0.05, 0.1) is 10.5 Å². The first-order chi connectivity index (χ1) is 9.42. The van der Waals surface area contributed by atoms with Crippen molar-refractivity contribution in [1.29, 1.82) is 0 Å². The zero-order chi connectivity index (χ0) is 16.4. The molecule has 1 rings (SSSR count). The number of hydrogen-bond acceptors (Lipinski definition) is 4. The number of amides is 1. The number of nitrogens with two attached hydrogens (primary N) is 1. The number of carbonyl (C=O) groups excluding carboxylic acids is 1. The van der Waals surface area contributed by atoms with Crippen molar-refractivity contribution in [3.05, 3.63) is 39.4 Å². The van der Waals surface area contributed by atoms with E-state index in [1.165, 1.54) is 0 Å². The number of hydrogen-bond donors (Lipinski definition) is 2. The average molecular weight is 342 g/mol. The molecule has 3 N–H and O–H groups in total. The Bertz CT molecular complexity index is 571. The highest BCUT2D eigenvalue weighted by Crippen LogP contribution is 2.32. The molecule has 1 amide bonds. The summed E-state index contributed by atoms with van der Waals surface area (Å²) in [6.45, 7) is 3.26. The number of nitrogens with one attached hydrogen (secondary N) is 1. The highest BCUT2D eigenvalue weighted by Gasteiger charge is 2.34. The first-order valence-electron chi connectivity index (χ1n) is 5.84. The largest absolute Gasteiger partial charge is 0.416 e. The molecule has 0 unspecified atom stereocenters. The minimum atomic E-state index is -4.72. The van der Waals surface area contributed by atoms with Crippen molar-refractivity contribution >= 4 is 24.0 Å². The van der Waals surface area contributed by atoms with E-state index in [9.17, 15) is 28.1 Å². The molecule has 10 heteroatoms. The van der Waals surface area contributed by atoms with Gasteiger partial charge < -0.3 is 11.1 Å². The van der Waals surface area contributed by atoms with Gasteiger partial charge in [0.1, 0.15) is 5.56 Å². The number of nitro benzene ring substituents is 1. The fraction of sp³-hybridized carbons (Fsp3) is 0.417. The Balaban J connectivity index is 0.00000441. The third-order valence-corrected chi connectivity index (χ3v) is 2.47. The van der Waals surface area contributed by atoms with Gasteiger partial charge >= 0.3 is 6.18 Å². The predicted octanol–water partition coefficient (Wildman–Crippen LogP) is 2.50. The van der Waals surface area contributed by atoms with Crippen LogP contribution in [0.5, 0.6) is 0 Å². The van der Waals surface area contributed by atoms with E-state index in [2.05, 4.69) is 5.32 Å². The van der Waals surface area contributed by atoms with Crippen LogP contribution >= 0.6 is 12.4 Å². The van der Waals surface area contributed by atoms with E-state index in [-0.39, 0.29) is 19.0 Å². The lowest BCUT2D eigenvalue weighted by Crippen LogP contribution is -2.45. The molecule has 0 aliphatic carbocycles. The second-order valence-corrected chi connectivity index (χ2v) is 5.16. The molecular weight excluding hydrogens is 327 g/mol. The zero-order valence-corrected chi connectivity index (χ0v) is 12.5. The Labute approximate surface area is 130 Å². The van der Waals surface area contributed by atoms with E-state index in [4.69, 9.17) is 5.73 Å². The zero-order valence-electron chi connectivity index (χ0n) is 11.7. The third-order valence-electron chi connectivity index (χ3n) is 2.47. The lowest BCUT2D eigenvalue weighted by atomic mass is 10.1. The summed E-state index contributed by atoms with van der Waals surface area (Å²) < 4.78 is 37.6. The van der Waals surface area contributed by atoms with Crippen molar-refractivity contribution in [2.24, 2.45) is 5.73 Å². The summed E-state index contributed by atoms with van der Waals surface area (Å²) >= 11 is 0. The number of benzene rings is 1. The second kappa shape index (κ2) is 6.93. The van der Waals surface area contributed by atoms with Crippen molar-refractivity contribution in [2.75, 3.05) is 6.54 Å². The Morgan fingerprint density at radius 1 is 1.36 bits per heavy atom. The van der Waals surface area contributed by atoms with Crippen LogP contribution in [0.25, 0.3) is 0 Å². The molecule has 0 saturated carbocycles. The summed E-state index contributed by atoms with van der Waals surface area (Å²) in [5, 5.41) is 13.2. The molecule has 0 bridgehead atoms. The van der Waals surface area contributed by atoms with E-state index in [0.717, 1.165) is 6.07 Å². The highest BCUT2D eigenvalue weighted by atomic mass is 35.5. The summed E-state index contributed by atoms with van der Waals surface area (Å²) in [5.41, 5.74) is 2.35. The van der Waals surface area contributed by atoms with Gasteiger partial charge in [0, 0.05) is 18.2 Å². The first kappa shape index (κ1) is 20.1. The molecule has 0 aliphatic rings. The molecule has 0 heterocycles. The SMILES string of the molecule is CC(C)(N)CNC(=O)c1ccc(C(F)(F)F)cc1[N+](=O)[O-].Cl. The van der Waals surface area contributed by atoms with Crippen LogP contribution in [0.3, 0.4) is 0 Å². The first-order valence-corrected chi connectivity index (χ1v) is 5.84. The lowest BCUT2D eigenvalue weighted by Gasteiger charge is -2.19. The van der Waals surface area contributed by atoms with Crippen molar-refractivity contribution in [3.8, 4) is 0 Å². The molecule has 0 radical (unpaired) electrons. The van der Waals surface area contributed by atoms with E-state index in [1.54, 1.807) is 13.8 Å². The predicted molar refractivity (Wildman–Crippen MR) is 75.9 cm³/mol. The number of nitrogens with zero attached hydrogens (tertiary/aromatic N) is 1. The van der Waals surface area contributed by atoms with Gasteiger partial charge in [-0.05, 0) is 26.0 Å². The Kier molecular flexibility index (Phi) is 6.34. The maximum Gasteiger partial charge on any atom is 0.416 e. The molecule has 0 spiro atoms. The Morgan fingerprint density at radius 2 is 1.91 bits per heavy atom. The van der Waals surface area contributed by atoms with Gasteiger partial charge in [-0.15, -0.1) is 12.4 Å². The molecule has 0 saturated heterocycles. The molecule has 22 heavy (non-hydrogen) atoms. The number of rotatable bonds is 4. The van der Waals surface area contributed by atoms with Gasteiger partial charge in [0.15, 0.2) is 0 Å². The van der Waals surface area contributed by atoms with Gasteiger partial charge in [-0.3, -0.25) is 14.9 Å². The monoisotopic (exact) mass is 341 g/mol. The summed E-state index contributed by atoms with van der Waals surface area (Å²) in [7, 11) is 0. The average Bonchev–Trinajstić information content (AvgIpc) is 2.33. The van der Waals surface area contributed by atoms with Crippen LogP contribution in [0.2, 0.25) is 0 Å². The minimum Gasteiger partial charge on any atom is -0.350 e. The maximum absolute atomic E-state index is 12.5. The van der Waals surface area contributed by atoms with Crippen molar-refractivity contribution in [3.63, 3.8) is 0 Å². The number of nitro groups is 1. The van der Waals surface area contributed by atoms with E-state index in [0.29, 0.717) is 12.1 Å². The van der Waals surface area contributed by atoms with Crippen LogP contribution in [-0.4, -0.2) is 22.9 Å². The quantitative estimate of drug-likeness (QED) is 0.649. The molecule has 124 valence electrons. The molecule has 1 aromatic rings. The second-order valence-electron chi connectivity index (χ2n) is 5.16. The number of carbonyl (C=O) groups is 1. The topological polar surface area (TPSA) is 98.3 Å². The number of alkyl halides is 3. The van der Waals surface area contributed by atoms with E-state index in [1.807, 2.05) is 0 Å². The van der Waals surface area contributed by atoms with Crippen LogP contribution in [0.1, 0.15) is 29.8 Å². The molecule has 0 aromatic heterocycles. The van der Waals surface area contributed by atoms with Gasteiger partial charge in [0.25, 0.3) is 11.6 Å². The summed E-state index contributed by atoms with van der Waals surface area (Å²) in [4.78, 5) is 21.6. The Hall–Kier alpha value is -1.87. The molecule has 0 atom stereocenters. The van der Waals surface area contributed by atoms with E-state index >= 15 is 0 Å². The van der Waals surface area contributed by atoms with Crippen LogP contribution in [0.4, 0.5) is 18.9 Å². The van der Waals surface area contributed by atoms with Crippen LogP contribution in [0, 0.1) is 10.1 Å². The summed E-state index contributed by atoms with van der Waals surface area (Å²) in [5.74, 6) is -0.853. The third kappa shape index (κ3) is 5.49. The fourth-order valence-electron chi connectivity index (χ4n) is 1.45. The van der Waals surface area contributed by atoms with Gasteiger partial charge in [-0.25, -0.2) is 0 Å². The fourth-order valence-corrected chi connectivity index (χ4v) is 1.45.